The molecule has 2 aromatic heterocycles. The van der Waals surface area contributed by atoms with Crippen LogP contribution in [0.4, 0.5) is 5.82 Å². The molecule has 2 fully saturated rings. The minimum absolute atomic E-state index is 0.0183. The molecule has 4 N–H and O–H groups in total. The number of ether oxygens (including phenoxy) is 1. The lowest BCUT2D eigenvalue weighted by Gasteiger charge is -2.22. The van der Waals surface area contributed by atoms with Crippen molar-refractivity contribution in [2.24, 2.45) is 11.8 Å². The van der Waals surface area contributed by atoms with Crippen molar-refractivity contribution < 1.29 is 29.3 Å². The Bertz CT molecular complexity index is 1650. The van der Waals surface area contributed by atoms with Gasteiger partial charge in [0.15, 0.2) is 6.23 Å². The Morgan fingerprint density at radius 2 is 1.95 bits per heavy atom. The van der Waals surface area contributed by atoms with E-state index >= 15 is 0 Å². The molecule has 13 nitrogen and oxygen atoms in total. The van der Waals surface area contributed by atoms with Gasteiger partial charge in [-0.25, -0.2) is 9.59 Å². The average Bonchev–Trinajstić information content (AvgIpc) is 3.32. The molecule has 7 unspecified atom stereocenters. The third-order valence-corrected chi connectivity index (χ3v) is 9.11. The van der Waals surface area contributed by atoms with Gasteiger partial charge >= 0.3 is 11.4 Å². The van der Waals surface area contributed by atoms with Gasteiger partial charge in [-0.15, -0.1) is 0 Å². The molecule has 0 spiro atoms. The molecule has 1 saturated carbocycles. The van der Waals surface area contributed by atoms with Crippen LogP contribution in [0.2, 0.25) is 5.02 Å². The van der Waals surface area contributed by atoms with Gasteiger partial charge in [-0.2, -0.15) is 4.98 Å². The summed E-state index contributed by atoms with van der Waals surface area (Å²) in [5.41, 5.74) is 0.517. The topological polar surface area (TPSA) is 186 Å². The Morgan fingerprint density at radius 3 is 2.70 bits per heavy atom. The lowest BCUT2D eigenvalue weighted by Crippen LogP contribution is -2.35. The highest BCUT2D eigenvalue weighted by Crippen LogP contribution is 2.36. The predicted octanol–water partition coefficient (Wildman–Crippen LogP) is 2.49. The fourth-order valence-corrected chi connectivity index (χ4v) is 6.56. The lowest BCUT2D eigenvalue weighted by molar-refractivity contribution is -0.126. The molecule has 1 aliphatic heterocycles. The molecule has 1 saturated heterocycles. The van der Waals surface area contributed by atoms with E-state index in [-0.39, 0.29) is 54.4 Å². The molecule has 236 valence electrons. The number of H-pyrrole nitrogens is 1. The summed E-state index contributed by atoms with van der Waals surface area (Å²) in [6.07, 6.45) is 0.726. The van der Waals surface area contributed by atoms with Gasteiger partial charge in [-0.1, -0.05) is 24.9 Å². The first kappa shape index (κ1) is 31.8. The van der Waals surface area contributed by atoms with E-state index in [1.54, 1.807) is 16.7 Å². The van der Waals surface area contributed by atoms with Crippen molar-refractivity contribution >= 4 is 46.4 Å². The summed E-state index contributed by atoms with van der Waals surface area (Å²) >= 11 is 6.08. The number of ketones is 1. The van der Waals surface area contributed by atoms with E-state index in [1.165, 1.54) is 12.3 Å². The number of aliphatic hydroxyl groups is 2. The number of aldehydes is 1. The van der Waals surface area contributed by atoms with Gasteiger partial charge in [0.1, 0.15) is 30.1 Å². The zero-order valence-electron chi connectivity index (χ0n) is 24.2. The van der Waals surface area contributed by atoms with E-state index in [0.29, 0.717) is 16.8 Å². The monoisotopic (exact) mass is 629 g/mol. The molecule has 44 heavy (non-hydrogen) atoms. The fourth-order valence-electron chi connectivity index (χ4n) is 6.39. The van der Waals surface area contributed by atoms with Crippen LogP contribution < -0.4 is 16.7 Å². The summed E-state index contributed by atoms with van der Waals surface area (Å²) < 4.78 is 8.23. The van der Waals surface area contributed by atoms with Gasteiger partial charge in [0.05, 0.1) is 17.1 Å². The van der Waals surface area contributed by atoms with Crippen molar-refractivity contribution in [1.82, 2.24) is 19.1 Å². The molecule has 1 amide bonds. The number of rotatable bonds is 10. The predicted molar refractivity (Wildman–Crippen MR) is 160 cm³/mol. The number of nitrogens with one attached hydrogen (secondary N) is 2. The Morgan fingerprint density at radius 1 is 1.16 bits per heavy atom. The quantitative estimate of drug-likeness (QED) is 0.193. The largest absolute Gasteiger partial charge is 0.388 e. The minimum atomic E-state index is -1.44. The van der Waals surface area contributed by atoms with E-state index in [2.05, 4.69) is 15.3 Å². The second kappa shape index (κ2) is 13.6. The number of carbonyl (C=O) groups excluding carboxylic acids is 3. The maximum absolute atomic E-state index is 13.1. The van der Waals surface area contributed by atoms with Crippen LogP contribution in [0.25, 0.3) is 11.0 Å². The third-order valence-electron chi connectivity index (χ3n) is 8.88. The van der Waals surface area contributed by atoms with Gasteiger partial charge in [-0.3, -0.25) is 18.7 Å². The number of carbonyl (C=O) groups is 3. The van der Waals surface area contributed by atoms with Crippen LogP contribution in [0.5, 0.6) is 0 Å². The molecule has 0 bridgehead atoms. The fraction of sp³-hybridized carbons (Fsp3) is 0.533. The van der Waals surface area contributed by atoms with Crippen LogP contribution >= 0.6 is 11.6 Å². The number of amides is 1. The Hall–Kier alpha value is -3.65. The zero-order chi connectivity index (χ0) is 31.5. The highest BCUT2D eigenvalue weighted by molar-refractivity contribution is 6.31. The highest BCUT2D eigenvalue weighted by Gasteiger charge is 2.43. The van der Waals surface area contributed by atoms with Gasteiger partial charge < -0.3 is 30.0 Å². The number of fused-ring (bicyclic) bond motifs is 1. The van der Waals surface area contributed by atoms with Crippen LogP contribution in [0.1, 0.15) is 70.6 Å². The number of imidazole rings is 1. The van der Waals surface area contributed by atoms with Crippen LogP contribution in [-0.4, -0.2) is 65.6 Å². The minimum Gasteiger partial charge on any atom is -0.388 e. The van der Waals surface area contributed by atoms with E-state index < -0.39 is 36.1 Å². The second-order valence-corrected chi connectivity index (χ2v) is 12.1. The lowest BCUT2D eigenvalue weighted by atomic mass is 9.83. The van der Waals surface area contributed by atoms with Crippen molar-refractivity contribution in [2.45, 2.75) is 88.9 Å². The molecule has 1 aliphatic carbocycles. The van der Waals surface area contributed by atoms with E-state index in [4.69, 9.17) is 16.3 Å². The maximum atomic E-state index is 13.1. The molecule has 3 heterocycles. The van der Waals surface area contributed by atoms with E-state index in [9.17, 15) is 34.2 Å². The first-order valence-electron chi connectivity index (χ1n) is 14.8. The van der Waals surface area contributed by atoms with Crippen molar-refractivity contribution in [3.05, 3.63) is 56.5 Å². The molecule has 14 heteroatoms. The number of hydrogen-bond acceptors (Lipinski definition) is 9. The number of hydrogen-bond donors (Lipinski definition) is 4. The number of benzene rings is 1. The number of nitrogens with zero attached hydrogens (tertiary/aromatic N) is 3. The summed E-state index contributed by atoms with van der Waals surface area (Å²) in [6.45, 7) is 1.89. The van der Waals surface area contributed by atoms with Crippen LogP contribution in [-0.2, 0) is 19.1 Å². The van der Waals surface area contributed by atoms with Crippen LogP contribution in [0.15, 0.2) is 40.1 Å². The number of halogens is 1. The van der Waals surface area contributed by atoms with Crippen LogP contribution in [0.3, 0.4) is 0 Å². The third kappa shape index (κ3) is 6.70. The van der Waals surface area contributed by atoms with E-state index in [1.807, 2.05) is 13.0 Å². The van der Waals surface area contributed by atoms with Gasteiger partial charge in [-0.05, 0) is 55.9 Å². The molecular weight excluding hydrogens is 594 g/mol. The molecule has 5 rings (SSSR count). The molecule has 0 radical (unpaired) electrons. The van der Waals surface area contributed by atoms with Crippen molar-refractivity contribution in [3.8, 4) is 0 Å². The number of aromatic amines is 1. The normalized spacial score (nSPS) is 26.3. The summed E-state index contributed by atoms with van der Waals surface area (Å²) in [7, 11) is 0. The standard InChI is InChI=1S/C30H36ClN5O8/c1-16(17-3-2-4-19(7-5-17)36-21-8-6-18(31)15-20(21)32-30(36)43)22(38)9-10-25(39)33-24-11-13-35(29(42)34-24)28-27(41)26(40)23(44-28)12-14-37/h6,8,11,13-17,19,23,26-28,40-41H,2-5,7,9-10,12H2,1H3,(H,32,43)(H,33,34,39,42). The van der Waals surface area contributed by atoms with Gasteiger partial charge in [0.2, 0.25) is 5.91 Å². The maximum Gasteiger partial charge on any atom is 0.351 e. The summed E-state index contributed by atoms with van der Waals surface area (Å²) in [6, 6.07) is 6.72. The molecule has 3 aromatic rings. The van der Waals surface area contributed by atoms with Crippen molar-refractivity contribution in [2.75, 3.05) is 5.32 Å². The molecule has 1 aromatic carbocycles. The molecular formula is C30H36ClN5O8. The first-order chi connectivity index (χ1) is 21.1. The Kier molecular flexibility index (Phi) is 9.78. The van der Waals surface area contributed by atoms with Gasteiger partial charge in [0, 0.05) is 42.4 Å². The van der Waals surface area contributed by atoms with Crippen molar-refractivity contribution in [3.63, 3.8) is 0 Å². The second-order valence-electron chi connectivity index (χ2n) is 11.6. The SMILES string of the molecule is CC(C(=O)CCC(=O)Nc1ccn(C2OC(CC=O)C(O)C2O)c(=O)n1)C1CCCC(n2c(=O)[nH]c3cc(Cl)ccc32)CC1. The van der Waals surface area contributed by atoms with Gasteiger partial charge in [0.25, 0.3) is 0 Å². The smallest absolute Gasteiger partial charge is 0.351 e. The molecule has 2 aliphatic rings. The van der Waals surface area contributed by atoms with Crippen molar-refractivity contribution in [1.29, 1.82) is 0 Å². The average molecular weight is 630 g/mol. The number of anilines is 1. The zero-order valence-corrected chi connectivity index (χ0v) is 25.0. The summed E-state index contributed by atoms with van der Waals surface area (Å²) in [5, 5.41) is 23.4. The number of aromatic nitrogens is 4. The summed E-state index contributed by atoms with van der Waals surface area (Å²) in [5.74, 6) is -0.648. The first-order valence-corrected chi connectivity index (χ1v) is 15.2. The Balaban J connectivity index is 1.13. The summed E-state index contributed by atoms with van der Waals surface area (Å²) in [4.78, 5) is 68.4. The van der Waals surface area contributed by atoms with Crippen LogP contribution in [0, 0.1) is 11.8 Å². The van der Waals surface area contributed by atoms with E-state index in [0.717, 1.165) is 42.2 Å². The number of aliphatic hydroxyl groups excluding tert-OH is 2. The number of Topliss-reactive ketones (excluding diaryl/α,β-unsaturated/α-hetero) is 1. The highest BCUT2D eigenvalue weighted by atomic mass is 35.5. The molecule has 7 atom stereocenters. The Labute approximate surface area is 257 Å².